The normalized spacial score (nSPS) is 11.0. The van der Waals surface area contributed by atoms with Crippen LogP contribution in [0.2, 0.25) is 0 Å². The van der Waals surface area contributed by atoms with Crippen LogP contribution in [0.15, 0.2) is 24.5 Å². The number of aromatic nitrogens is 3. The fourth-order valence-electron chi connectivity index (χ4n) is 2.17. The van der Waals surface area contributed by atoms with Crippen LogP contribution in [0.5, 0.6) is 0 Å². The number of thiazole rings is 1. The van der Waals surface area contributed by atoms with Crippen molar-refractivity contribution >= 4 is 33.4 Å². The molecule has 0 aliphatic carbocycles. The number of carbonyl (C=O) groups excluding carboxylic acids is 1. The number of rotatable bonds is 3. The van der Waals surface area contributed by atoms with Crippen LogP contribution < -0.4 is 5.32 Å². The average Bonchev–Trinajstić information content (AvgIpc) is 2.93. The maximum Gasteiger partial charge on any atom is 0.230 e. The molecule has 3 aromatic rings. The van der Waals surface area contributed by atoms with E-state index in [1.807, 2.05) is 43.7 Å². The molecule has 21 heavy (non-hydrogen) atoms. The van der Waals surface area contributed by atoms with Crippen molar-refractivity contribution in [1.29, 1.82) is 0 Å². The van der Waals surface area contributed by atoms with Crippen molar-refractivity contribution in [3.05, 3.63) is 40.7 Å². The molecule has 108 valence electrons. The summed E-state index contributed by atoms with van der Waals surface area (Å²) in [5.74, 6) is -0.0565. The Labute approximate surface area is 126 Å². The van der Waals surface area contributed by atoms with Gasteiger partial charge in [-0.05, 0) is 31.5 Å². The molecule has 0 spiro atoms. The van der Waals surface area contributed by atoms with E-state index in [2.05, 4.69) is 15.3 Å². The Morgan fingerprint density at radius 2 is 2.19 bits per heavy atom. The highest BCUT2D eigenvalue weighted by molar-refractivity contribution is 7.15. The third-order valence-electron chi connectivity index (χ3n) is 3.43. The van der Waals surface area contributed by atoms with Gasteiger partial charge in [-0.25, -0.2) is 9.97 Å². The lowest BCUT2D eigenvalue weighted by Crippen LogP contribution is -2.14. The van der Waals surface area contributed by atoms with E-state index in [1.54, 1.807) is 6.33 Å². The second-order valence-electron chi connectivity index (χ2n) is 5.06. The number of amides is 1. The predicted molar refractivity (Wildman–Crippen MR) is 84.6 cm³/mol. The molecule has 5 nitrogen and oxygen atoms in total. The lowest BCUT2D eigenvalue weighted by molar-refractivity contribution is -0.115. The third kappa shape index (κ3) is 2.80. The number of benzene rings is 1. The van der Waals surface area contributed by atoms with E-state index >= 15 is 0 Å². The highest BCUT2D eigenvalue weighted by atomic mass is 32.1. The lowest BCUT2D eigenvalue weighted by atomic mass is 10.1. The Morgan fingerprint density at radius 1 is 1.38 bits per heavy atom. The van der Waals surface area contributed by atoms with E-state index in [9.17, 15) is 4.79 Å². The van der Waals surface area contributed by atoms with Gasteiger partial charge in [-0.15, -0.1) is 11.3 Å². The predicted octanol–water partition coefficient (Wildman–Crippen LogP) is 2.83. The van der Waals surface area contributed by atoms with Crippen molar-refractivity contribution in [3.63, 3.8) is 0 Å². The number of nitrogens with one attached hydrogen (secondary N) is 1. The lowest BCUT2D eigenvalue weighted by Gasteiger charge is -2.02. The Morgan fingerprint density at radius 3 is 2.90 bits per heavy atom. The third-order valence-corrected chi connectivity index (χ3v) is 4.42. The first-order valence-electron chi connectivity index (χ1n) is 6.67. The second kappa shape index (κ2) is 5.29. The van der Waals surface area contributed by atoms with Crippen LogP contribution in [0.3, 0.4) is 0 Å². The highest BCUT2D eigenvalue weighted by Crippen LogP contribution is 2.21. The summed E-state index contributed by atoms with van der Waals surface area (Å²) in [5.41, 5.74) is 3.88. The zero-order valence-electron chi connectivity index (χ0n) is 12.2. The van der Waals surface area contributed by atoms with Gasteiger partial charge in [0.25, 0.3) is 0 Å². The fraction of sp³-hybridized carbons (Fsp3) is 0.267. The van der Waals surface area contributed by atoms with Crippen LogP contribution in [-0.2, 0) is 18.3 Å². The molecular formula is C15H16N4OS. The zero-order valence-corrected chi connectivity index (χ0v) is 13.0. The molecule has 1 amide bonds. The summed E-state index contributed by atoms with van der Waals surface area (Å²) < 4.78 is 1.96. The zero-order chi connectivity index (χ0) is 15.0. The first-order valence-corrected chi connectivity index (χ1v) is 7.48. The van der Waals surface area contributed by atoms with Gasteiger partial charge in [0, 0.05) is 11.9 Å². The first kappa shape index (κ1) is 13.8. The van der Waals surface area contributed by atoms with Crippen LogP contribution in [0.4, 0.5) is 5.13 Å². The average molecular weight is 300 g/mol. The Balaban J connectivity index is 1.73. The number of aryl methyl sites for hydroxylation is 3. The maximum absolute atomic E-state index is 12.1. The molecule has 3 rings (SSSR count). The minimum absolute atomic E-state index is 0.0565. The van der Waals surface area contributed by atoms with Gasteiger partial charge in [0.1, 0.15) is 0 Å². The van der Waals surface area contributed by atoms with Crippen LogP contribution >= 0.6 is 11.3 Å². The number of anilines is 1. The molecule has 0 aliphatic rings. The molecule has 1 N–H and O–H groups in total. The van der Waals surface area contributed by atoms with E-state index < -0.39 is 0 Å². The molecule has 2 aromatic heterocycles. The van der Waals surface area contributed by atoms with E-state index in [0.717, 1.165) is 27.2 Å². The molecule has 0 saturated heterocycles. The molecular weight excluding hydrogens is 284 g/mol. The van der Waals surface area contributed by atoms with Crippen molar-refractivity contribution in [2.24, 2.45) is 7.05 Å². The van der Waals surface area contributed by atoms with E-state index in [0.29, 0.717) is 11.6 Å². The van der Waals surface area contributed by atoms with Crippen LogP contribution in [-0.4, -0.2) is 20.4 Å². The molecule has 1 aromatic carbocycles. The molecule has 0 bridgehead atoms. The monoisotopic (exact) mass is 300 g/mol. The topological polar surface area (TPSA) is 59.8 Å². The summed E-state index contributed by atoms with van der Waals surface area (Å²) in [5, 5.41) is 3.51. The van der Waals surface area contributed by atoms with Gasteiger partial charge in [-0.1, -0.05) is 6.07 Å². The molecule has 0 saturated carbocycles. The van der Waals surface area contributed by atoms with Crippen LogP contribution in [0.1, 0.15) is 16.1 Å². The van der Waals surface area contributed by atoms with Crippen LogP contribution in [0, 0.1) is 13.8 Å². The number of fused-ring (bicyclic) bond motifs is 1. The highest BCUT2D eigenvalue weighted by Gasteiger charge is 2.09. The molecule has 0 unspecified atom stereocenters. The first-order chi connectivity index (χ1) is 10.0. The van der Waals surface area contributed by atoms with Gasteiger partial charge >= 0.3 is 0 Å². The van der Waals surface area contributed by atoms with Gasteiger partial charge in [-0.3, -0.25) is 4.79 Å². The molecule has 0 fully saturated rings. The van der Waals surface area contributed by atoms with Gasteiger partial charge in [-0.2, -0.15) is 0 Å². The number of hydrogen-bond acceptors (Lipinski definition) is 4. The standard InChI is InChI=1S/C15H16N4OS/c1-9-10(2)21-15(17-9)18-14(20)7-11-4-5-13-12(6-11)16-8-19(13)3/h4-6,8H,7H2,1-3H3,(H,17,18,20). The number of hydrogen-bond donors (Lipinski definition) is 1. The molecule has 2 heterocycles. The largest absolute Gasteiger partial charge is 0.334 e. The van der Waals surface area contributed by atoms with Gasteiger partial charge in [0.05, 0.1) is 29.5 Å². The van der Waals surface area contributed by atoms with E-state index in [4.69, 9.17) is 0 Å². The smallest absolute Gasteiger partial charge is 0.230 e. The minimum atomic E-state index is -0.0565. The Kier molecular flexibility index (Phi) is 3.47. The van der Waals surface area contributed by atoms with E-state index in [1.165, 1.54) is 11.3 Å². The number of carbonyl (C=O) groups is 1. The summed E-state index contributed by atoms with van der Waals surface area (Å²) in [4.78, 5) is 21.8. The quantitative estimate of drug-likeness (QED) is 0.809. The molecule has 0 aliphatic heterocycles. The SMILES string of the molecule is Cc1nc(NC(=O)Cc2ccc3c(c2)ncn3C)sc1C. The Bertz CT molecular complexity index is 799. The number of imidazole rings is 1. The Hall–Kier alpha value is -2.21. The van der Waals surface area contributed by atoms with Crippen molar-refractivity contribution in [2.75, 3.05) is 5.32 Å². The van der Waals surface area contributed by atoms with Crippen molar-refractivity contribution in [1.82, 2.24) is 14.5 Å². The molecule has 0 atom stereocenters. The van der Waals surface area contributed by atoms with Gasteiger partial charge < -0.3 is 9.88 Å². The van der Waals surface area contributed by atoms with Crippen molar-refractivity contribution in [3.8, 4) is 0 Å². The maximum atomic E-state index is 12.1. The van der Waals surface area contributed by atoms with E-state index in [-0.39, 0.29) is 5.91 Å². The summed E-state index contributed by atoms with van der Waals surface area (Å²) in [6, 6.07) is 5.90. The summed E-state index contributed by atoms with van der Waals surface area (Å²) in [6.45, 7) is 3.94. The minimum Gasteiger partial charge on any atom is -0.334 e. The number of nitrogens with zero attached hydrogens (tertiary/aromatic N) is 3. The second-order valence-corrected chi connectivity index (χ2v) is 6.27. The summed E-state index contributed by atoms with van der Waals surface area (Å²) >= 11 is 1.50. The van der Waals surface area contributed by atoms with Gasteiger partial charge in [0.15, 0.2) is 5.13 Å². The summed E-state index contributed by atoms with van der Waals surface area (Å²) in [6.07, 6.45) is 2.10. The summed E-state index contributed by atoms with van der Waals surface area (Å²) in [7, 11) is 1.95. The van der Waals surface area contributed by atoms with Crippen molar-refractivity contribution < 1.29 is 4.79 Å². The molecule has 6 heteroatoms. The van der Waals surface area contributed by atoms with Crippen molar-refractivity contribution in [2.45, 2.75) is 20.3 Å². The molecule has 0 radical (unpaired) electrons. The van der Waals surface area contributed by atoms with Crippen LogP contribution in [0.25, 0.3) is 11.0 Å². The fourth-order valence-corrected chi connectivity index (χ4v) is 3.00. The van der Waals surface area contributed by atoms with Gasteiger partial charge in [0.2, 0.25) is 5.91 Å².